The largest absolute Gasteiger partial charge is 0.335 e. The van der Waals surface area contributed by atoms with Crippen LogP contribution in [0.2, 0.25) is 0 Å². The molecule has 2 heterocycles. The molecule has 10 heteroatoms. The van der Waals surface area contributed by atoms with E-state index in [4.69, 9.17) is 0 Å². The van der Waals surface area contributed by atoms with Crippen LogP contribution in [0, 0.1) is 0 Å². The lowest BCUT2D eigenvalue weighted by Gasteiger charge is -2.23. The van der Waals surface area contributed by atoms with E-state index < -0.39 is 10.7 Å². The summed E-state index contributed by atoms with van der Waals surface area (Å²) in [4.78, 5) is 11.6. The summed E-state index contributed by atoms with van der Waals surface area (Å²) in [5.74, 6) is 0. The van der Waals surface area contributed by atoms with E-state index in [1.165, 1.54) is 0 Å². The average Bonchev–Trinajstić information content (AvgIpc) is 2.78. The van der Waals surface area contributed by atoms with Gasteiger partial charge in [-0.05, 0) is 25.9 Å². The Morgan fingerprint density at radius 3 is 2.67 bits per heavy atom. The second-order valence-electron chi connectivity index (χ2n) is 3.77. The molecule has 0 radical (unpaired) electrons. The first-order valence-electron chi connectivity index (χ1n) is 5.41. The summed E-state index contributed by atoms with van der Waals surface area (Å²) >= 11 is 0.829. The van der Waals surface area contributed by atoms with Crippen LogP contribution in [0.5, 0.6) is 0 Å². The van der Waals surface area contributed by atoms with Crippen molar-refractivity contribution >= 4 is 33.2 Å². The van der Waals surface area contributed by atoms with Gasteiger partial charge in [-0.3, -0.25) is 5.32 Å². The zero-order valence-electron chi connectivity index (χ0n) is 9.38. The first-order chi connectivity index (χ1) is 8.65. The third-order valence-electron chi connectivity index (χ3n) is 2.47. The summed E-state index contributed by atoms with van der Waals surface area (Å²) in [7, 11) is -2.75. The molecule has 0 unspecified atom stereocenters. The van der Waals surface area contributed by atoms with Crippen LogP contribution in [0.4, 0.5) is 9.93 Å². The molecule has 0 spiro atoms. The number of aromatic nitrogens is 2. The minimum atomic E-state index is -2.75. The number of hydrogen-bond acceptors (Lipinski definition) is 7. The minimum Gasteiger partial charge on any atom is -0.335 e. The number of carbonyl (C=O) groups is 1. The Morgan fingerprint density at radius 1 is 1.33 bits per heavy atom. The highest BCUT2D eigenvalue weighted by Crippen LogP contribution is 2.15. The molecule has 0 atom stereocenters. The van der Waals surface area contributed by atoms with Crippen LogP contribution in [-0.4, -0.2) is 43.8 Å². The number of thiol groups is 1. The standard InChI is InChI=1S/C8H13N5O3S2/c14-6(10-5-1-3-9-4-2-5)11-7-12-13-8(17-7)18(15)16/h5,9,18H,1-4H2,(H2,10,11,12,14). The van der Waals surface area contributed by atoms with E-state index in [0.29, 0.717) is 0 Å². The third-order valence-corrected chi connectivity index (χ3v) is 4.23. The number of rotatable bonds is 3. The van der Waals surface area contributed by atoms with Crippen molar-refractivity contribution in [1.29, 1.82) is 0 Å². The third kappa shape index (κ3) is 3.62. The van der Waals surface area contributed by atoms with Crippen LogP contribution in [0.25, 0.3) is 0 Å². The van der Waals surface area contributed by atoms with Crippen molar-refractivity contribution in [3.63, 3.8) is 0 Å². The van der Waals surface area contributed by atoms with Gasteiger partial charge in [0, 0.05) is 6.04 Å². The number of amides is 2. The molecular weight excluding hydrogens is 278 g/mol. The summed E-state index contributed by atoms with van der Waals surface area (Å²) in [6, 6.07) is -0.250. The van der Waals surface area contributed by atoms with E-state index in [1.807, 2.05) is 0 Å². The minimum absolute atomic E-state index is 0.109. The topological polar surface area (TPSA) is 113 Å². The smallest absolute Gasteiger partial charge is 0.321 e. The molecule has 0 aliphatic carbocycles. The molecule has 1 aliphatic rings. The highest BCUT2D eigenvalue weighted by atomic mass is 32.2. The van der Waals surface area contributed by atoms with Crippen LogP contribution < -0.4 is 16.0 Å². The van der Waals surface area contributed by atoms with Crippen LogP contribution in [0.1, 0.15) is 12.8 Å². The lowest BCUT2D eigenvalue weighted by Crippen LogP contribution is -2.44. The molecule has 1 fully saturated rings. The van der Waals surface area contributed by atoms with E-state index in [2.05, 4.69) is 26.1 Å². The fourth-order valence-electron chi connectivity index (χ4n) is 1.62. The second-order valence-corrected chi connectivity index (χ2v) is 5.99. The van der Waals surface area contributed by atoms with Gasteiger partial charge in [0.2, 0.25) is 9.47 Å². The SMILES string of the molecule is O=C(Nc1nnc([SH](=O)=O)s1)NC1CCNCC1. The van der Waals surface area contributed by atoms with E-state index >= 15 is 0 Å². The molecule has 3 N–H and O–H groups in total. The molecule has 8 nitrogen and oxygen atoms in total. The predicted octanol–water partition coefficient (Wildman–Crippen LogP) is -0.618. The Kier molecular flexibility index (Phi) is 4.44. The van der Waals surface area contributed by atoms with E-state index in [0.717, 1.165) is 37.3 Å². The molecule has 18 heavy (non-hydrogen) atoms. The van der Waals surface area contributed by atoms with E-state index in [9.17, 15) is 13.2 Å². The summed E-state index contributed by atoms with van der Waals surface area (Å²) in [6.45, 7) is 1.76. The molecule has 1 aromatic rings. The maximum Gasteiger partial charge on any atom is 0.321 e. The molecule has 2 rings (SSSR count). The van der Waals surface area contributed by atoms with Gasteiger partial charge in [-0.25, -0.2) is 13.2 Å². The maximum atomic E-state index is 11.6. The number of piperidine rings is 1. The number of nitrogens with one attached hydrogen (secondary N) is 3. The van der Waals surface area contributed by atoms with Gasteiger partial charge >= 0.3 is 6.03 Å². The van der Waals surface area contributed by atoms with Crippen molar-refractivity contribution in [2.75, 3.05) is 18.4 Å². The van der Waals surface area contributed by atoms with Crippen LogP contribution in [0.15, 0.2) is 4.34 Å². The second kappa shape index (κ2) is 6.07. The summed E-state index contributed by atoms with van der Waals surface area (Å²) in [5.41, 5.74) is 0. The van der Waals surface area contributed by atoms with Crippen LogP contribution in [0.3, 0.4) is 0 Å². The lowest BCUT2D eigenvalue weighted by atomic mass is 10.1. The molecule has 1 aliphatic heterocycles. The van der Waals surface area contributed by atoms with Crippen molar-refractivity contribution in [2.45, 2.75) is 23.2 Å². The van der Waals surface area contributed by atoms with E-state index in [-0.39, 0.29) is 21.5 Å². The average molecular weight is 291 g/mol. The fourth-order valence-corrected chi connectivity index (χ4v) is 2.78. The van der Waals surface area contributed by atoms with Crippen LogP contribution >= 0.6 is 11.3 Å². The van der Waals surface area contributed by atoms with Crippen molar-refractivity contribution in [3.8, 4) is 0 Å². The zero-order chi connectivity index (χ0) is 13.0. The molecule has 1 saturated heterocycles. The fraction of sp³-hybridized carbons (Fsp3) is 0.625. The Bertz CT molecular complexity index is 487. The molecule has 100 valence electrons. The monoisotopic (exact) mass is 291 g/mol. The van der Waals surface area contributed by atoms with Gasteiger partial charge in [0.05, 0.1) is 0 Å². The lowest BCUT2D eigenvalue weighted by molar-refractivity contribution is 0.245. The van der Waals surface area contributed by atoms with Gasteiger partial charge in [0.25, 0.3) is 0 Å². The summed E-state index contributed by atoms with van der Waals surface area (Å²) in [6.07, 6.45) is 1.75. The van der Waals surface area contributed by atoms with Crippen molar-refractivity contribution in [3.05, 3.63) is 0 Å². The predicted molar refractivity (Wildman–Crippen MR) is 66.5 cm³/mol. The number of nitrogens with zero attached hydrogens (tertiary/aromatic N) is 2. The first kappa shape index (κ1) is 13.2. The molecular formula is C8H13N5O3S2. The van der Waals surface area contributed by atoms with Gasteiger partial charge in [-0.15, -0.1) is 10.2 Å². The quantitative estimate of drug-likeness (QED) is 0.436. The molecule has 2 amide bonds. The molecule has 0 bridgehead atoms. The van der Waals surface area contributed by atoms with Gasteiger partial charge in [-0.2, -0.15) is 0 Å². The zero-order valence-corrected chi connectivity index (χ0v) is 11.1. The van der Waals surface area contributed by atoms with Gasteiger partial charge in [0.15, 0.2) is 10.7 Å². The van der Waals surface area contributed by atoms with Gasteiger partial charge in [0.1, 0.15) is 0 Å². The summed E-state index contributed by atoms with van der Waals surface area (Å²) in [5, 5.41) is 15.7. The summed E-state index contributed by atoms with van der Waals surface area (Å²) < 4.78 is 21.1. The Hall–Kier alpha value is -1.26. The van der Waals surface area contributed by atoms with Crippen LogP contribution in [-0.2, 0) is 10.7 Å². The Morgan fingerprint density at radius 2 is 2.06 bits per heavy atom. The number of carbonyl (C=O) groups excluding carboxylic acids is 1. The van der Waals surface area contributed by atoms with Gasteiger partial charge in [-0.1, -0.05) is 11.3 Å². The van der Waals surface area contributed by atoms with Crippen molar-refractivity contribution < 1.29 is 13.2 Å². The van der Waals surface area contributed by atoms with Crippen molar-refractivity contribution in [2.24, 2.45) is 0 Å². The van der Waals surface area contributed by atoms with Gasteiger partial charge < -0.3 is 10.6 Å². The van der Waals surface area contributed by atoms with Crippen molar-refractivity contribution in [1.82, 2.24) is 20.8 Å². The highest BCUT2D eigenvalue weighted by Gasteiger charge is 2.16. The Balaban J connectivity index is 1.86. The maximum absolute atomic E-state index is 11.6. The molecule has 1 aromatic heterocycles. The number of hydrogen-bond donors (Lipinski definition) is 4. The highest BCUT2D eigenvalue weighted by molar-refractivity contribution is 7.75. The number of urea groups is 1. The molecule has 0 aromatic carbocycles. The number of anilines is 1. The van der Waals surface area contributed by atoms with E-state index in [1.54, 1.807) is 0 Å². The molecule has 0 saturated carbocycles. The normalized spacial score (nSPS) is 16.7. The Labute approximate surface area is 109 Å². The first-order valence-corrected chi connectivity index (χ1v) is 7.40.